The zero-order valence-electron chi connectivity index (χ0n) is 9.88. The van der Waals surface area contributed by atoms with Gasteiger partial charge in [0, 0.05) is 6.54 Å². The van der Waals surface area contributed by atoms with Crippen LogP contribution in [0, 0.1) is 0 Å². The van der Waals surface area contributed by atoms with E-state index in [9.17, 15) is 9.90 Å². The van der Waals surface area contributed by atoms with E-state index >= 15 is 0 Å². The molecule has 0 saturated heterocycles. The number of nitrogens with one attached hydrogen (secondary N) is 2. The van der Waals surface area contributed by atoms with Gasteiger partial charge < -0.3 is 9.84 Å². The highest BCUT2D eigenvalue weighted by molar-refractivity contribution is 5.89. The quantitative estimate of drug-likeness (QED) is 0.604. The zero-order valence-corrected chi connectivity index (χ0v) is 9.88. The number of rotatable bonds is 5. The van der Waals surface area contributed by atoms with Crippen molar-refractivity contribution in [2.75, 3.05) is 19.7 Å². The summed E-state index contributed by atoms with van der Waals surface area (Å²) >= 11 is 0. The van der Waals surface area contributed by atoms with Gasteiger partial charge in [-0.15, -0.1) is 0 Å². The van der Waals surface area contributed by atoms with E-state index in [1.54, 1.807) is 6.92 Å². The van der Waals surface area contributed by atoms with Crippen molar-refractivity contribution in [1.82, 2.24) is 10.6 Å². The molecule has 3 N–H and O–H groups in total. The summed E-state index contributed by atoms with van der Waals surface area (Å²) in [7, 11) is 0. The number of hydrogen-bond donors (Lipinski definition) is 3. The van der Waals surface area contributed by atoms with Crippen LogP contribution in [0.4, 0.5) is 0 Å². The molecule has 1 heterocycles. The van der Waals surface area contributed by atoms with Gasteiger partial charge in [-0.25, -0.2) is 4.79 Å². The fourth-order valence-corrected chi connectivity index (χ4v) is 1.62. The van der Waals surface area contributed by atoms with E-state index in [-0.39, 0.29) is 11.9 Å². The first-order valence-corrected chi connectivity index (χ1v) is 5.76. The Morgan fingerprint density at radius 2 is 2.38 bits per heavy atom. The number of aliphatic hydroxyl groups is 1. The molecule has 0 fully saturated rings. The Morgan fingerprint density at radius 3 is 3.00 bits per heavy atom. The van der Waals surface area contributed by atoms with Crippen molar-refractivity contribution < 1.29 is 14.6 Å². The van der Waals surface area contributed by atoms with Gasteiger partial charge in [0.15, 0.2) is 0 Å². The van der Waals surface area contributed by atoms with Crippen molar-refractivity contribution in [1.29, 1.82) is 0 Å². The lowest BCUT2D eigenvalue weighted by Crippen LogP contribution is -2.48. The zero-order chi connectivity index (χ0) is 12.0. The second kappa shape index (κ2) is 6.50. The van der Waals surface area contributed by atoms with Gasteiger partial charge in [0.25, 0.3) is 0 Å². The van der Waals surface area contributed by atoms with Gasteiger partial charge in [-0.3, -0.25) is 10.6 Å². The monoisotopic (exact) mass is 228 g/mol. The Kier molecular flexibility index (Phi) is 5.28. The lowest BCUT2D eigenvalue weighted by molar-refractivity contribution is -0.139. The summed E-state index contributed by atoms with van der Waals surface area (Å²) in [5.74, 6) is -0.344. The van der Waals surface area contributed by atoms with Crippen LogP contribution in [0.15, 0.2) is 11.3 Å². The second-order valence-electron chi connectivity index (χ2n) is 3.68. The Bertz CT molecular complexity index is 276. The van der Waals surface area contributed by atoms with Crippen LogP contribution < -0.4 is 10.6 Å². The highest BCUT2D eigenvalue weighted by atomic mass is 16.5. The largest absolute Gasteiger partial charge is 0.509 e. The van der Waals surface area contributed by atoms with Crippen LogP contribution >= 0.6 is 0 Å². The van der Waals surface area contributed by atoms with E-state index in [1.165, 1.54) is 0 Å². The molecule has 0 bridgehead atoms. The predicted octanol–water partition coefficient (Wildman–Crippen LogP) is 0.681. The first-order valence-electron chi connectivity index (χ1n) is 5.76. The third kappa shape index (κ3) is 3.21. The molecule has 0 spiro atoms. The Hall–Kier alpha value is -1.07. The molecule has 16 heavy (non-hydrogen) atoms. The molecule has 0 aromatic carbocycles. The summed E-state index contributed by atoms with van der Waals surface area (Å²) in [4.78, 5) is 11.5. The average molecular weight is 228 g/mol. The van der Waals surface area contributed by atoms with E-state index in [2.05, 4.69) is 10.6 Å². The van der Waals surface area contributed by atoms with Crippen LogP contribution in [0.5, 0.6) is 0 Å². The van der Waals surface area contributed by atoms with Gasteiger partial charge in [-0.1, -0.05) is 6.92 Å². The van der Waals surface area contributed by atoms with Gasteiger partial charge in [0.05, 0.1) is 12.2 Å². The van der Waals surface area contributed by atoms with Crippen molar-refractivity contribution >= 4 is 5.97 Å². The van der Waals surface area contributed by atoms with Gasteiger partial charge in [0.1, 0.15) is 11.9 Å². The highest BCUT2D eigenvalue weighted by Crippen LogP contribution is 2.15. The fraction of sp³-hybridized carbons (Fsp3) is 0.727. The number of ether oxygens (including phenoxy) is 1. The maximum absolute atomic E-state index is 11.5. The Balaban J connectivity index is 2.69. The molecule has 0 unspecified atom stereocenters. The number of aliphatic hydroxyl groups excluding tert-OH is 1. The molecule has 1 aliphatic rings. The van der Waals surface area contributed by atoms with Gasteiger partial charge in [0.2, 0.25) is 0 Å². The summed E-state index contributed by atoms with van der Waals surface area (Å²) in [6.45, 7) is 5.58. The van der Waals surface area contributed by atoms with Crippen molar-refractivity contribution in [3.8, 4) is 0 Å². The van der Waals surface area contributed by atoms with Crippen molar-refractivity contribution in [3.05, 3.63) is 11.3 Å². The first kappa shape index (κ1) is 13.0. The topological polar surface area (TPSA) is 70.6 Å². The summed E-state index contributed by atoms with van der Waals surface area (Å²) in [6.07, 6.45) is 1.16. The summed E-state index contributed by atoms with van der Waals surface area (Å²) in [5, 5.41) is 16.1. The standard InChI is InChI=1S/C11H20N2O3/c1-3-6-12-10-9(14)8(5-7-13-10)11(15)16-4-2/h10,12-14H,3-7H2,1-2H3/t10-/m0/s1. The molecule has 0 aromatic rings. The molecule has 0 radical (unpaired) electrons. The normalized spacial score (nSPS) is 21.0. The minimum Gasteiger partial charge on any atom is -0.509 e. The average Bonchev–Trinajstić information content (AvgIpc) is 2.28. The van der Waals surface area contributed by atoms with Crippen molar-refractivity contribution in [2.45, 2.75) is 32.9 Å². The van der Waals surface area contributed by atoms with Crippen LogP contribution in [0.1, 0.15) is 26.7 Å². The third-order valence-electron chi connectivity index (χ3n) is 2.43. The molecule has 5 heteroatoms. The maximum atomic E-state index is 11.5. The third-order valence-corrected chi connectivity index (χ3v) is 2.43. The molecule has 0 aromatic heterocycles. The van der Waals surface area contributed by atoms with Gasteiger partial charge >= 0.3 is 5.97 Å². The molecule has 0 aliphatic carbocycles. The minimum atomic E-state index is -0.412. The first-order chi connectivity index (χ1) is 7.70. The molecular weight excluding hydrogens is 208 g/mol. The van der Waals surface area contributed by atoms with Gasteiger partial charge in [-0.2, -0.15) is 0 Å². The van der Waals surface area contributed by atoms with Crippen LogP contribution in [0.2, 0.25) is 0 Å². The number of carbonyl (C=O) groups excluding carboxylic acids is 1. The van der Waals surface area contributed by atoms with Crippen molar-refractivity contribution in [3.63, 3.8) is 0 Å². The number of hydrogen-bond acceptors (Lipinski definition) is 5. The van der Waals surface area contributed by atoms with E-state index in [0.29, 0.717) is 25.1 Å². The molecule has 0 amide bonds. The molecule has 1 atom stereocenters. The molecule has 1 aliphatic heterocycles. The highest BCUT2D eigenvalue weighted by Gasteiger charge is 2.26. The SMILES string of the molecule is CCCN[C@H]1NCCC(C(=O)OCC)=C1O. The van der Waals surface area contributed by atoms with E-state index < -0.39 is 5.97 Å². The van der Waals surface area contributed by atoms with Crippen LogP contribution in [0.3, 0.4) is 0 Å². The Morgan fingerprint density at radius 1 is 1.62 bits per heavy atom. The van der Waals surface area contributed by atoms with Crippen molar-refractivity contribution in [2.24, 2.45) is 0 Å². The lowest BCUT2D eigenvalue weighted by Gasteiger charge is -2.26. The summed E-state index contributed by atoms with van der Waals surface area (Å²) in [6, 6.07) is 0. The van der Waals surface area contributed by atoms with E-state index in [0.717, 1.165) is 13.0 Å². The molecule has 5 nitrogen and oxygen atoms in total. The second-order valence-corrected chi connectivity index (χ2v) is 3.68. The molecule has 0 saturated carbocycles. The smallest absolute Gasteiger partial charge is 0.337 e. The predicted molar refractivity (Wildman–Crippen MR) is 61.0 cm³/mol. The Labute approximate surface area is 95.9 Å². The van der Waals surface area contributed by atoms with Crippen LogP contribution in [-0.2, 0) is 9.53 Å². The van der Waals surface area contributed by atoms with Crippen LogP contribution in [0.25, 0.3) is 0 Å². The summed E-state index contributed by atoms with van der Waals surface area (Å²) in [5.41, 5.74) is 0.384. The van der Waals surface area contributed by atoms with Crippen LogP contribution in [-0.4, -0.2) is 36.9 Å². The lowest BCUT2D eigenvalue weighted by atomic mass is 10.1. The maximum Gasteiger partial charge on any atom is 0.337 e. The van der Waals surface area contributed by atoms with Gasteiger partial charge in [-0.05, 0) is 26.3 Å². The number of esters is 1. The molecular formula is C11H20N2O3. The van der Waals surface area contributed by atoms with E-state index in [4.69, 9.17) is 4.74 Å². The minimum absolute atomic E-state index is 0.0677. The van der Waals surface area contributed by atoms with E-state index in [1.807, 2.05) is 6.92 Å². The molecule has 1 rings (SSSR count). The summed E-state index contributed by atoms with van der Waals surface area (Å²) < 4.78 is 4.89. The molecule has 92 valence electrons. The number of carbonyl (C=O) groups is 1. The fourth-order valence-electron chi connectivity index (χ4n) is 1.62.